The van der Waals surface area contributed by atoms with E-state index in [-0.39, 0.29) is 18.6 Å². The van der Waals surface area contributed by atoms with Gasteiger partial charge in [-0.3, -0.25) is 4.79 Å². The van der Waals surface area contributed by atoms with Crippen molar-refractivity contribution in [2.75, 3.05) is 34.4 Å². The fraction of sp³-hybridized carbons (Fsp3) is 0.391. The van der Waals surface area contributed by atoms with Crippen molar-refractivity contribution in [3.8, 4) is 17.2 Å². The average molecular weight is 428 g/mol. The molecule has 1 saturated heterocycles. The number of amides is 2. The molecule has 31 heavy (non-hydrogen) atoms. The van der Waals surface area contributed by atoms with Crippen LogP contribution >= 0.6 is 0 Å². The Morgan fingerprint density at radius 3 is 2.13 bits per heavy atom. The van der Waals surface area contributed by atoms with Crippen molar-refractivity contribution in [2.24, 2.45) is 0 Å². The number of methoxy groups -OCH3 is 3. The van der Waals surface area contributed by atoms with E-state index in [0.29, 0.717) is 48.7 Å². The van der Waals surface area contributed by atoms with Gasteiger partial charge in [0.2, 0.25) is 5.75 Å². The van der Waals surface area contributed by atoms with Crippen LogP contribution in [0.25, 0.3) is 0 Å². The predicted molar refractivity (Wildman–Crippen MR) is 115 cm³/mol. The number of nitrogens with one attached hydrogen (secondary N) is 1. The molecule has 2 aromatic rings. The average Bonchev–Trinajstić information content (AvgIpc) is 2.82. The molecular formula is C23H28N2O6. The van der Waals surface area contributed by atoms with Crippen molar-refractivity contribution >= 4 is 12.0 Å². The molecule has 3 rings (SSSR count). The van der Waals surface area contributed by atoms with Gasteiger partial charge in [0.05, 0.1) is 21.3 Å². The normalized spacial score (nSPS) is 14.0. The molecule has 1 fully saturated rings. The second-order valence-corrected chi connectivity index (χ2v) is 7.19. The van der Waals surface area contributed by atoms with Gasteiger partial charge in [-0.05, 0) is 30.5 Å². The molecule has 0 radical (unpaired) electrons. The third kappa shape index (κ3) is 5.59. The first-order valence-electron chi connectivity index (χ1n) is 10.1. The van der Waals surface area contributed by atoms with Gasteiger partial charge in [-0.25, -0.2) is 4.79 Å². The van der Waals surface area contributed by atoms with E-state index >= 15 is 0 Å². The van der Waals surface area contributed by atoms with Crippen LogP contribution in [0, 0.1) is 0 Å². The van der Waals surface area contributed by atoms with Crippen molar-refractivity contribution in [3.63, 3.8) is 0 Å². The number of rotatable bonds is 7. The highest BCUT2D eigenvalue weighted by atomic mass is 16.5. The van der Waals surface area contributed by atoms with Crippen molar-refractivity contribution in [1.82, 2.24) is 10.2 Å². The van der Waals surface area contributed by atoms with Crippen molar-refractivity contribution in [2.45, 2.75) is 25.5 Å². The maximum absolute atomic E-state index is 13.0. The topological polar surface area (TPSA) is 86.3 Å². The van der Waals surface area contributed by atoms with Gasteiger partial charge in [-0.1, -0.05) is 30.3 Å². The van der Waals surface area contributed by atoms with E-state index < -0.39 is 6.09 Å². The summed E-state index contributed by atoms with van der Waals surface area (Å²) in [5, 5.41) is 2.88. The summed E-state index contributed by atoms with van der Waals surface area (Å²) in [6.45, 7) is 1.28. The first-order chi connectivity index (χ1) is 15.0. The Hall–Kier alpha value is -3.42. The molecule has 2 aromatic carbocycles. The quantitative estimate of drug-likeness (QED) is 0.729. The van der Waals surface area contributed by atoms with Crippen LogP contribution in [-0.2, 0) is 11.3 Å². The molecule has 1 N–H and O–H groups in total. The number of ether oxygens (including phenoxy) is 4. The first kappa shape index (κ1) is 22.3. The monoisotopic (exact) mass is 428 g/mol. The fourth-order valence-electron chi connectivity index (χ4n) is 3.55. The second kappa shape index (κ2) is 10.6. The standard InChI is InChI=1S/C23H28N2O6/c1-28-19-13-17(14-20(29-2)21(19)30-3)22(26)25-11-9-18(10-12-25)24-23(27)31-15-16-7-5-4-6-8-16/h4-8,13-14,18H,9-12,15H2,1-3H3,(H,24,27). The Morgan fingerprint density at radius 1 is 0.968 bits per heavy atom. The highest BCUT2D eigenvalue weighted by Gasteiger charge is 2.26. The van der Waals surface area contributed by atoms with E-state index in [1.807, 2.05) is 30.3 Å². The van der Waals surface area contributed by atoms with Crippen LogP contribution in [0.5, 0.6) is 17.2 Å². The molecule has 0 aliphatic carbocycles. The number of hydrogen-bond acceptors (Lipinski definition) is 6. The van der Waals surface area contributed by atoms with Gasteiger partial charge in [0, 0.05) is 24.7 Å². The van der Waals surface area contributed by atoms with Gasteiger partial charge in [0.1, 0.15) is 6.61 Å². The summed E-state index contributed by atoms with van der Waals surface area (Å²) in [7, 11) is 4.55. The lowest BCUT2D eigenvalue weighted by Gasteiger charge is -2.32. The number of carbonyl (C=O) groups is 2. The van der Waals surface area contributed by atoms with Gasteiger partial charge in [-0.2, -0.15) is 0 Å². The van der Waals surface area contributed by atoms with Crippen molar-refractivity contribution in [3.05, 3.63) is 53.6 Å². The zero-order valence-corrected chi connectivity index (χ0v) is 18.1. The van der Waals surface area contributed by atoms with Gasteiger partial charge in [-0.15, -0.1) is 0 Å². The summed E-state index contributed by atoms with van der Waals surface area (Å²) in [4.78, 5) is 26.8. The summed E-state index contributed by atoms with van der Waals surface area (Å²) < 4.78 is 21.3. The molecule has 0 saturated carbocycles. The summed E-state index contributed by atoms with van der Waals surface area (Å²) in [5.41, 5.74) is 1.39. The highest BCUT2D eigenvalue weighted by molar-refractivity contribution is 5.95. The van der Waals surface area contributed by atoms with E-state index in [9.17, 15) is 9.59 Å². The minimum absolute atomic E-state index is 0.0349. The molecule has 1 aliphatic rings. The number of nitrogens with zero attached hydrogens (tertiary/aromatic N) is 1. The minimum atomic E-state index is -0.446. The molecule has 166 valence electrons. The molecule has 1 aliphatic heterocycles. The van der Waals surface area contributed by atoms with Gasteiger partial charge in [0.25, 0.3) is 5.91 Å². The molecule has 0 spiro atoms. The lowest BCUT2D eigenvalue weighted by molar-refractivity contribution is 0.0700. The molecule has 8 heteroatoms. The Morgan fingerprint density at radius 2 is 1.58 bits per heavy atom. The maximum Gasteiger partial charge on any atom is 0.407 e. The Balaban J connectivity index is 1.53. The van der Waals surface area contributed by atoms with Gasteiger partial charge >= 0.3 is 6.09 Å². The smallest absolute Gasteiger partial charge is 0.407 e. The van der Waals surface area contributed by atoms with E-state index in [4.69, 9.17) is 18.9 Å². The maximum atomic E-state index is 13.0. The number of piperidine rings is 1. The summed E-state index contributed by atoms with van der Waals surface area (Å²) >= 11 is 0. The zero-order valence-electron chi connectivity index (χ0n) is 18.1. The molecule has 2 amide bonds. The summed E-state index contributed by atoms with van der Waals surface area (Å²) in [6, 6.07) is 12.8. The Labute approximate surface area is 182 Å². The molecular weight excluding hydrogens is 400 g/mol. The first-order valence-corrected chi connectivity index (χ1v) is 10.1. The van der Waals surface area contributed by atoms with Crippen LogP contribution < -0.4 is 19.5 Å². The number of hydrogen-bond donors (Lipinski definition) is 1. The Bertz CT molecular complexity index is 869. The number of likely N-dealkylation sites (tertiary alicyclic amines) is 1. The molecule has 0 bridgehead atoms. The van der Waals surface area contributed by atoms with Crippen LogP contribution in [-0.4, -0.2) is 57.4 Å². The van der Waals surface area contributed by atoms with Crippen LogP contribution in [0.15, 0.2) is 42.5 Å². The Kier molecular flexibility index (Phi) is 7.59. The van der Waals surface area contributed by atoms with Crippen molar-refractivity contribution in [1.29, 1.82) is 0 Å². The second-order valence-electron chi connectivity index (χ2n) is 7.19. The lowest BCUT2D eigenvalue weighted by Crippen LogP contribution is -2.46. The number of carbonyl (C=O) groups excluding carboxylic acids is 2. The third-order valence-electron chi connectivity index (χ3n) is 5.23. The molecule has 0 aromatic heterocycles. The molecule has 8 nitrogen and oxygen atoms in total. The molecule has 0 unspecified atom stereocenters. The van der Waals surface area contributed by atoms with E-state index in [1.54, 1.807) is 17.0 Å². The van der Waals surface area contributed by atoms with Crippen molar-refractivity contribution < 1.29 is 28.5 Å². The minimum Gasteiger partial charge on any atom is -0.493 e. The SMILES string of the molecule is COc1cc(C(=O)N2CCC(NC(=O)OCc3ccccc3)CC2)cc(OC)c1OC. The fourth-order valence-corrected chi connectivity index (χ4v) is 3.55. The highest BCUT2D eigenvalue weighted by Crippen LogP contribution is 2.38. The van der Waals surface area contributed by atoms with Crippen LogP contribution in [0.1, 0.15) is 28.8 Å². The molecule has 0 atom stereocenters. The van der Waals surface area contributed by atoms with Crippen LogP contribution in [0.2, 0.25) is 0 Å². The largest absolute Gasteiger partial charge is 0.493 e. The predicted octanol–water partition coefficient (Wildman–Crippen LogP) is 3.24. The van der Waals surface area contributed by atoms with E-state index in [0.717, 1.165) is 5.56 Å². The van der Waals surface area contributed by atoms with Crippen LogP contribution in [0.3, 0.4) is 0 Å². The van der Waals surface area contributed by atoms with E-state index in [1.165, 1.54) is 21.3 Å². The van der Waals surface area contributed by atoms with Gasteiger partial charge < -0.3 is 29.2 Å². The van der Waals surface area contributed by atoms with Crippen LogP contribution in [0.4, 0.5) is 4.79 Å². The van der Waals surface area contributed by atoms with E-state index in [2.05, 4.69) is 5.32 Å². The summed E-state index contributed by atoms with van der Waals surface area (Å²) in [6.07, 6.45) is 0.853. The zero-order chi connectivity index (χ0) is 22.2. The van der Waals surface area contributed by atoms with Gasteiger partial charge in [0.15, 0.2) is 11.5 Å². The number of alkyl carbamates (subject to hydrolysis) is 1. The number of benzene rings is 2. The summed E-state index contributed by atoms with van der Waals surface area (Å²) in [5.74, 6) is 1.19. The third-order valence-corrected chi connectivity index (χ3v) is 5.23. The molecule has 1 heterocycles. The lowest BCUT2D eigenvalue weighted by atomic mass is 10.0.